The number of para-hydroxylation sites is 2. The maximum atomic E-state index is 12.7. The molecule has 1 aliphatic rings. The number of benzene rings is 1. The van der Waals surface area contributed by atoms with Gasteiger partial charge in [-0.2, -0.15) is 0 Å². The Bertz CT molecular complexity index is 960. The molecule has 8 nitrogen and oxygen atoms in total. The fourth-order valence-corrected chi connectivity index (χ4v) is 3.02. The molecule has 1 saturated heterocycles. The van der Waals surface area contributed by atoms with Gasteiger partial charge in [-0.05, 0) is 18.2 Å². The highest BCUT2D eigenvalue weighted by atomic mass is 16.5. The average molecular weight is 364 g/mol. The van der Waals surface area contributed by atoms with Gasteiger partial charge in [0.1, 0.15) is 11.8 Å². The molecule has 3 aromatic rings. The van der Waals surface area contributed by atoms with E-state index < -0.39 is 0 Å². The smallest absolute Gasteiger partial charge is 0.274 e. The highest BCUT2D eigenvalue weighted by Gasteiger charge is 2.29. The molecule has 8 heteroatoms. The van der Waals surface area contributed by atoms with Gasteiger partial charge >= 0.3 is 0 Å². The van der Waals surface area contributed by atoms with Crippen molar-refractivity contribution in [1.82, 2.24) is 25.1 Å². The first-order valence-electron chi connectivity index (χ1n) is 8.79. The minimum absolute atomic E-state index is 0.109. The number of nitrogens with zero attached hydrogens (tertiary/aromatic N) is 6. The van der Waals surface area contributed by atoms with Crippen LogP contribution in [0.3, 0.4) is 0 Å². The van der Waals surface area contributed by atoms with E-state index in [2.05, 4.69) is 20.2 Å². The maximum absolute atomic E-state index is 12.7. The summed E-state index contributed by atoms with van der Waals surface area (Å²) in [5.41, 5.74) is 1.84. The topological polar surface area (TPSA) is 84.3 Å². The molecule has 1 amide bonds. The minimum Gasteiger partial charge on any atom is -0.471 e. The van der Waals surface area contributed by atoms with Crippen LogP contribution in [-0.2, 0) is 0 Å². The molecular weight excluding hydrogens is 344 g/mol. The molecule has 1 aliphatic heterocycles. The minimum atomic E-state index is -0.131. The number of aromatic nitrogens is 4. The molecule has 0 N–H and O–H groups in total. The molecule has 27 heavy (non-hydrogen) atoms. The third kappa shape index (κ3) is 3.64. The number of ether oxygens (including phenoxy) is 1. The predicted octanol–water partition coefficient (Wildman–Crippen LogP) is 1.78. The molecule has 4 rings (SSSR count). The van der Waals surface area contributed by atoms with Crippen LogP contribution >= 0.6 is 0 Å². The Labute approximate surface area is 156 Å². The van der Waals surface area contributed by atoms with E-state index in [1.165, 1.54) is 6.20 Å². The second-order valence-corrected chi connectivity index (χ2v) is 6.65. The predicted molar refractivity (Wildman–Crippen MR) is 101 cm³/mol. The summed E-state index contributed by atoms with van der Waals surface area (Å²) in [7, 11) is 3.81. The SMILES string of the molecule is CN(C)c1ccc(OC2CCN(C(=O)c3cnc4ccccc4n3)C2)nn1. The van der Waals surface area contributed by atoms with Crippen LogP contribution in [0.1, 0.15) is 16.9 Å². The van der Waals surface area contributed by atoms with Crippen LogP contribution in [0, 0.1) is 0 Å². The van der Waals surface area contributed by atoms with Gasteiger partial charge < -0.3 is 14.5 Å². The van der Waals surface area contributed by atoms with Gasteiger partial charge in [0.05, 0.1) is 23.8 Å². The number of amides is 1. The van der Waals surface area contributed by atoms with Gasteiger partial charge in [-0.3, -0.25) is 9.78 Å². The summed E-state index contributed by atoms with van der Waals surface area (Å²) in [5, 5.41) is 8.19. The number of anilines is 1. The number of carbonyl (C=O) groups excluding carboxylic acids is 1. The van der Waals surface area contributed by atoms with E-state index in [1.807, 2.05) is 49.3 Å². The van der Waals surface area contributed by atoms with E-state index in [1.54, 1.807) is 11.0 Å². The van der Waals surface area contributed by atoms with Gasteiger partial charge in [-0.25, -0.2) is 4.98 Å². The molecular formula is C19H20N6O2. The third-order valence-electron chi connectivity index (χ3n) is 4.47. The molecule has 2 aromatic heterocycles. The van der Waals surface area contributed by atoms with E-state index >= 15 is 0 Å². The molecule has 1 unspecified atom stereocenters. The zero-order valence-corrected chi connectivity index (χ0v) is 15.2. The van der Waals surface area contributed by atoms with E-state index in [0.29, 0.717) is 30.2 Å². The quantitative estimate of drug-likeness (QED) is 0.698. The van der Waals surface area contributed by atoms with Crippen LogP contribution in [0.5, 0.6) is 5.88 Å². The number of hydrogen-bond donors (Lipinski definition) is 0. The number of carbonyl (C=O) groups is 1. The first-order valence-corrected chi connectivity index (χ1v) is 8.79. The lowest BCUT2D eigenvalue weighted by Crippen LogP contribution is -2.31. The monoisotopic (exact) mass is 364 g/mol. The van der Waals surface area contributed by atoms with E-state index in [-0.39, 0.29) is 12.0 Å². The van der Waals surface area contributed by atoms with Crippen LogP contribution in [0.4, 0.5) is 5.82 Å². The van der Waals surface area contributed by atoms with Gasteiger partial charge in [0.25, 0.3) is 5.91 Å². The Balaban J connectivity index is 1.41. The zero-order chi connectivity index (χ0) is 18.8. The number of hydrogen-bond acceptors (Lipinski definition) is 7. The fourth-order valence-electron chi connectivity index (χ4n) is 3.02. The summed E-state index contributed by atoms with van der Waals surface area (Å²) in [4.78, 5) is 25.1. The van der Waals surface area contributed by atoms with Gasteiger partial charge in [0, 0.05) is 33.1 Å². The molecule has 0 bridgehead atoms. The Morgan fingerprint density at radius 1 is 1.15 bits per heavy atom. The number of likely N-dealkylation sites (tertiary alicyclic amines) is 1. The summed E-state index contributed by atoms with van der Waals surface area (Å²) < 4.78 is 5.87. The van der Waals surface area contributed by atoms with Crippen molar-refractivity contribution in [3.8, 4) is 5.88 Å². The summed E-state index contributed by atoms with van der Waals surface area (Å²) in [6.45, 7) is 1.10. The number of fused-ring (bicyclic) bond motifs is 1. The molecule has 0 aliphatic carbocycles. The van der Waals surface area contributed by atoms with Crippen LogP contribution in [0.2, 0.25) is 0 Å². The van der Waals surface area contributed by atoms with Crippen molar-refractivity contribution in [3.05, 3.63) is 48.3 Å². The normalized spacial score (nSPS) is 16.5. The lowest BCUT2D eigenvalue weighted by atomic mass is 10.3. The number of rotatable bonds is 4. The molecule has 1 fully saturated rings. The maximum Gasteiger partial charge on any atom is 0.274 e. The van der Waals surface area contributed by atoms with Crippen LogP contribution < -0.4 is 9.64 Å². The highest BCUT2D eigenvalue weighted by molar-refractivity contribution is 5.94. The van der Waals surface area contributed by atoms with Crippen molar-refractivity contribution in [2.24, 2.45) is 0 Å². The Morgan fingerprint density at radius 2 is 1.96 bits per heavy atom. The van der Waals surface area contributed by atoms with Crippen molar-refractivity contribution < 1.29 is 9.53 Å². The fraction of sp³-hybridized carbons (Fsp3) is 0.316. The van der Waals surface area contributed by atoms with Crippen LogP contribution in [0.15, 0.2) is 42.6 Å². The summed E-state index contributed by atoms with van der Waals surface area (Å²) >= 11 is 0. The lowest BCUT2D eigenvalue weighted by Gasteiger charge is -2.17. The second-order valence-electron chi connectivity index (χ2n) is 6.65. The first kappa shape index (κ1) is 17.1. The third-order valence-corrected chi connectivity index (χ3v) is 4.47. The largest absolute Gasteiger partial charge is 0.471 e. The first-order chi connectivity index (χ1) is 13.1. The zero-order valence-electron chi connectivity index (χ0n) is 15.2. The second kappa shape index (κ2) is 7.14. The lowest BCUT2D eigenvalue weighted by molar-refractivity contribution is 0.0765. The molecule has 138 valence electrons. The highest BCUT2D eigenvalue weighted by Crippen LogP contribution is 2.19. The Morgan fingerprint density at radius 3 is 2.70 bits per heavy atom. The summed E-state index contributed by atoms with van der Waals surface area (Å²) in [6.07, 6.45) is 2.16. The Hall–Kier alpha value is -3.29. The van der Waals surface area contributed by atoms with Crippen LogP contribution in [0.25, 0.3) is 11.0 Å². The van der Waals surface area contributed by atoms with E-state index in [4.69, 9.17) is 4.74 Å². The summed E-state index contributed by atoms with van der Waals surface area (Å²) in [5.74, 6) is 1.10. The van der Waals surface area contributed by atoms with Crippen molar-refractivity contribution in [3.63, 3.8) is 0 Å². The van der Waals surface area contributed by atoms with Crippen molar-refractivity contribution in [2.45, 2.75) is 12.5 Å². The average Bonchev–Trinajstić information content (AvgIpc) is 3.16. The van der Waals surface area contributed by atoms with Gasteiger partial charge in [0.15, 0.2) is 5.82 Å². The molecule has 1 aromatic carbocycles. The van der Waals surface area contributed by atoms with Crippen molar-refractivity contribution >= 4 is 22.8 Å². The van der Waals surface area contributed by atoms with Crippen molar-refractivity contribution in [1.29, 1.82) is 0 Å². The summed E-state index contributed by atoms with van der Waals surface area (Å²) in [6, 6.07) is 11.2. The molecule has 3 heterocycles. The van der Waals surface area contributed by atoms with Crippen molar-refractivity contribution in [2.75, 3.05) is 32.1 Å². The molecule has 0 radical (unpaired) electrons. The van der Waals surface area contributed by atoms with E-state index in [9.17, 15) is 4.79 Å². The van der Waals surface area contributed by atoms with Gasteiger partial charge in [0.2, 0.25) is 5.88 Å². The standard InChI is InChI=1S/C19H20N6O2/c1-24(2)17-7-8-18(23-22-17)27-13-9-10-25(12-13)19(26)16-11-20-14-5-3-4-6-15(14)21-16/h3-8,11,13H,9-10,12H2,1-2H3. The van der Waals surface area contributed by atoms with E-state index in [0.717, 1.165) is 17.8 Å². The Kier molecular flexibility index (Phi) is 4.53. The molecule has 1 atom stereocenters. The molecule has 0 spiro atoms. The van der Waals surface area contributed by atoms with Gasteiger partial charge in [-0.1, -0.05) is 12.1 Å². The van der Waals surface area contributed by atoms with Crippen LogP contribution in [-0.4, -0.2) is 64.3 Å². The van der Waals surface area contributed by atoms with Gasteiger partial charge in [-0.15, -0.1) is 10.2 Å². The molecule has 0 saturated carbocycles.